The van der Waals surface area contributed by atoms with Crippen LogP contribution in [0.25, 0.3) is 22.3 Å². The van der Waals surface area contributed by atoms with Gasteiger partial charge in [0.15, 0.2) is 0 Å². The zero-order chi connectivity index (χ0) is 23.3. The number of aromatic nitrogens is 2. The second kappa shape index (κ2) is 7.76. The number of fused-ring (bicyclic) bond motifs is 2. The minimum absolute atomic E-state index is 0.185. The Balaban J connectivity index is 1.67. The van der Waals surface area contributed by atoms with Crippen molar-refractivity contribution in [3.63, 3.8) is 0 Å². The molecular formula is C26H24ClN5O. The average Bonchev–Trinajstić information content (AvgIpc) is 3.30. The molecule has 166 valence electrons. The second-order valence-electron chi connectivity index (χ2n) is 8.88. The smallest absolute Gasteiger partial charge is 0.258 e. The van der Waals surface area contributed by atoms with E-state index in [-0.39, 0.29) is 5.91 Å². The lowest BCUT2D eigenvalue weighted by Gasteiger charge is -2.20. The van der Waals surface area contributed by atoms with Crippen molar-refractivity contribution in [1.82, 2.24) is 9.55 Å². The highest BCUT2D eigenvalue weighted by Crippen LogP contribution is 2.39. The number of benzene rings is 3. The molecule has 4 N–H and O–H groups in total. The summed E-state index contributed by atoms with van der Waals surface area (Å²) in [6, 6.07) is 19.4. The molecule has 0 radical (unpaired) electrons. The molecule has 2 heterocycles. The van der Waals surface area contributed by atoms with Gasteiger partial charge in [0, 0.05) is 34.4 Å². The number of anilines is 2. The van der Waals surface area contributed by atoms with Crippen LogP contribution in [-0.2, 0) is 17.4 Å². The number of carbonyl (C=O) groups is 1. The Labute approximate surface area is 197 Å². The van der Waals surface area contributed by atoms with Crippen molar-refractivity contribution in [2.24, 2.45) is 12.8 Å². The fourth-order valence-electron chi connectivity index (χ4n) is 4.09. The van der Waals surface area contributed by atoms with Gasteiger partial charge in [-0.05, 0) is 55.8 Å². The minimum atomic E-state index is -0.437. The highest BCUT2D eigenvalue weighted by atomic mass is 35.5. The molecule has 0 atom stereocenters. The third-order valence-corrected chi connectivity index (χ3v) is 6.12. The zero-order valence-corrected chi connectivity index (χ0v) is 19.4. The Kier molecular flexibility index (Phi) is 5.00. The number of aryl methyl sites for hydroxylation is 1. The molecule has 0 fully saturated rings. The van der Waals surface area contributed by atoms with Gasteiger partial charge in [-0.3, -0.25) is 4.79 Å². The molecule has 0 unspecified atom stereocenters. The number of amides is 1. The number of rotatable bonds is 4. The molecule has 4 aromatic rings. The number of imidazole rings is 1. The predicted octanol–water partition coefficient (Wildman–Crippen LogP) is 5.35. The third kappa shape index (κ3) is 3.88. The Hall–Kier alpha value is -3.61. The summed E-state index contributed by atoms with van der Waals surface area (Å²) < 4.78 is 1.96. The van der Waals surface area contributed by atoms with Crippen molar-refractivity contribution in [2.75, 3.05) is 10.6 Å². The predicted molar refractivity (Wildman–Crippen MR) is 135 cm³/mol. The fraction of sp³-hybridized carbons (Fsp3) is 0.154. The Morgan fingerprint density at radius 3 is 2.58 bits per heavy atom. The largest absolute Gasteiger partial charge is 0.354 e. The number of nitrogens with two attached hydrogens (primary N) is 1. The van der Waals surface area contributed by atoms with Crippen molar-refractivity contribution >= 4 is 51.2 Å². The van der Waals surface area contributed by atoms with Crippen LogP contribution in [0, 0.1) is 0 Å². The van der Waals surface area contributed by atoms with Gasteiger partial charge in [0.25, 0.3) is 5.91 Å². The first-order valence-electron chi connectivity index (χ1n) is 10.6. The molecule has 0 saturated heterocycles. The summed E-state index contributed by atoms with van der Waals surface area (Å²) in [6.07, 6.45) is 1.78. The first kappa shape index (κ1) is 21.2. The van der Waals surface area contributed by atoms with Crippen LogP contribution in [0.2, 0.25) is 5.02 Å². The van der Waals surface area contributed by atoms with Gasteiger partial charge in [-0.25, -0.2) is 4.98 Å². The molecule has 3 aromatic carbocycles. The number of nitrogens with zero attached hydrogens (tertiary/aromatic N) is 2. The van der Waals surface area contributed by atoms with Gasteiger partial charge >= 0.3 is 0 Å². The van der Waals surface area contributed by atoms with Crippen molar-refractivity contribution in [3.8, 4) is 0 Å². The third-order valence-electron chi connectivity index (χ3n) is 5.89. The van der Waals surface area contributed by atoms with E-state index in [1.54, 1.807) is 18.5 Å². The quantitative estimate of drug-likeness (QED) is 0.360. The van der Waals surface area contributed by atoms with Crippen molar-refractivity contribution in [3.05, 3.63) is 88.7 Å². The molecule has 7 heteroatoms. The second-order valence-corrected chi connectivity index (χ2v) is 9.31. The van der Waals surface area contributed by atoms with E-state index >= 15 is 0 Å². The maximum atomic E-state index is 13.1. The summed E-state index contributed by atoms with van der Waals surface area (Å²) in [5.74, 6) is -0.185. The summed E-state index contributed by atoms with van der Waals surface area (Å²) in [6.45, 7) is 3.94. The van der Waals surface area contributed by atoms with Gasteiger partial charge in [0.1, 0.15) is 0 Å². The molecule has 1 amide bonds. The van der Waals surface area contributed by atoms with Gasteiger partial charge in [0.2, 0.25) is 0 Å². The maximum Gasteiger partial charge on any atom is 0.258 e. The van der Waals surface area contributed by atoms with E-state index in [1.807, 2.05) is 74.0 Å². The first-order valence-corrected chi connectivity index (χ1v) is 11.0. The number of nitrogens with one attached hydrogen (secondary N) is 2. The lowest BCUT2D eigenvalue weighted by molar-refractivity contribution is -0.110. The van der Waals surface area contributed by atoms with Crippen LogP contribution in [0.5, 0.6) is 0 Å². The highest BCUT2D eigenvalue weighted by Gasteiger charge is 2.29. The van der Waals surface area contributed by atoms with Crippen LogP contribution in [-0.4, -0.2) is 15.5 Å². The van der Waals surface area contributed by atoms with E-state index in [0.717, 1.165) is 33.4 Å². The Bertz CT molecular complexity index is 1430. The normalized spacial score (nSPS) is 14.9. The van der Waals surface area contributed by atoms with Crippen LogP contribution >= 0.6 is 11.6 Å². The van der Waals surface area contributed by atoms with Gasteiger partial charge in [-0.2, -0.15) is 0 Å². The van der Waals surface area contributed by atoms with Crippen LogP contribution in [0.3, 0.4) is 0 Å². The number of hydrogen-bond donors (Lipinski definition) is 3. The van der Waals surface area contributed by atoms with Gasteiger partial charge in [0.05, 0.1) is 34.3 Å². The molecule has 0 saturated carbocycles. The molecule has 0 spiro atoms. The SMILES string of the molecule is Cn1cnc2cc(/C(Nc3ccc(C(C)(C)N)cc3)=C3/C(=O)Nc4cc(Cl)ccc43)ccc21. The minimum Gasteiger partial charge on any atom is -0.354 e. The zero-order valence-electron chi connectivity index (χ0n) is 18.6. The standard InChI is InChI=1S/C26H24ClN5O/c1-26(2,28)16-5-8-18(9-6-16)30-24(15-4-11-22-21(12-15)29-14-32(22)3)23-19-10-7-17(27)13-20(19)31-25(23)33/h4-14,30H,28H2,1-3H3,(H,31,33)/b24-23-. The Morgan fingerprint density at radius 2 is 1.85 bits per heavy atom. The van der Waals surface area contributed by atoms with E-state index in [1.165, 1.54) is 0 Å². The fourth-order valence-corrected chi connectivity index (χ4v) is 4.26. The average molecular weight is 458 g/mol. The molecule has 0 aliphatic carbocycles. The van der Waals surface area contributed by atoms with Crippen LogP contribution in [0.1, 0.15) is 30.5 Å². The van der Waals surface area contributed by atoms with Crippen molar-refractivity contribution < 1.29 is 4.79 Å². The molecule has 6 nitrogen and oxygen atoms in total. The number of carbonyl (C=O) groups excluding carboxylic acids is 1. The van der Waals surface area contributed by atoms with E-state index in [4.69, 9.17) is 17.3 Å². The van der Waals surface area contributed by atoms with Crippen molar-refractivity contribution in [2.45, 2.75) is 19.4 Å². The van der Waals surface area contributed by atoms with Gasteiger partial charge < -0.3 is 20.9 Å². The summed E-state index contributed by atoms with van der Waals surface area (Å²) in [5.41, 5.74) is 13.1. The maximum absolute atomic E-state index is 13.1. The Morgan fingerprint density at radius 1 is 1.09 bits per heavy atom. The monoisotopic (exact) mass is 457 g/mol. The topological polar surface area (TPSA) is 85.0 Å². The molecule has 33 heavy (non-hydrogen) atoms. The molecule has 5 rings (SSSR count). The molecule has 0 bridgehead atoms. The number of hydrogen-bond acceptors (Lipinski definition) is 4. The van der Waals surface area contributed by atoms with Gasteiger partial charge in [-0.15, -0.1) is 0 Å². The summed E-state index contributed by atoms with van der Waals surface area (Å²) in [4.78, 5) is 17.6. The summed E-state index contributed by atoms with van der Waals surface area (Å²) in [5, 5.41) is 6.99. The highest BCUT2D eigenvalue weighted by molar-refractivity contribution is 6.38. The van der Waals surface area contributed by atoms with E-state index in [9.17, 15) is 4.79 Å². The van der Waals surface area contributed by atoms with E-state index < -0.39 is 5.54 Å². The summed E-state index contributed by atoms with van der Waals surface area (Å²) >= 11 is 6.16. The number of halogens is 1. The lowest BCUT2D eigenvalue weighted by Crippen LogP contribution is -2.28. The lowest BCUT2D eigenvalue weighted by atomic mass is 9.95. The van der Waals surface area contributed by atoms with Crippen LogP contribution in [0.4, 0.5) is 11.4 Å². The van der Waals surface area contributed by atoms with Crippen LogP contribution in [0.15, 0.2) is 67.0 Å². The van der Waals surface area contributed by atoms with Crippen molar-refractivity contribution in [1.29, 1.82) is 0 Å². The molecule has 1 aromatic heterocycles. The van der Waals surface area contributed by atoms with E-state index in [0.29, 0.717) is 22.0 Å². The molecule has 1 aliphatic rings. The van der Waals surface area contributed by atoms with Crippen LogP contribution < -0.4 is 16.4 Å². The van der Waals surface area contributed by atoms with Gasteiger partial charge in [-0.1, -0.05) is 35.9 Å². The van der Waals surface area contributed by atoms with E-state index in [2.05, 4.69) is 15.6 Å². The summed E-state index contributed by atoms with van der Waals surface area (Å²) in [7, 11) is 1.96. The molecule has 1 aliphatic heterocycles. The first-order chi connectivity index (χ1) is 15.7. The molecular weight excluding hydrogens is 434 g/mol.